The highest BCUT2D eigenvalue weighted by Crippen LogP contribution is 2.32. The minimum atomic E-state index is 0.519. The van der Waals surface area contributed by atoms with Crippen LogP contribution in [0, 0.1) is 0 Å². The van der Waals surface area contributed by atoms with Crippen molar-refractivity contribution in [3.8, 4) is 0 Å². The molecule has 110 valence electrons. The molecule has 3 N–H and O–H groups in total. The van der Waals surface area contributed by atoms with Crippen molar-refractivity contribution in [2.24, 2.45) is 0 Å². The molecule has 3 rings (SSSR count). The van der Waals surface area contributed by atoms with Crippen molar-refractivity contribution in [3.63, 3.8) is 0 Å². The molecule has 2 unspecified atom stereocenters. The van der Waals surface area contributed by atoms with Gasteiger partial charge in [-0.25, -0.2) is 0 Å². The first-order valence-corrected chi connectivity index (χ1v) is 8.09. The third-order valence-electron chi connectivity index (χ3n) is 4.71. The predicted molar refractivity (Wildman–Crippen MR) is 84.8 cm³/mol. The molecule has 2 aliphatic rings. The molecule has 1 heterocycles. The van der Waals surface area contributed by atoms with E-state index in [0.717, 1.165) is 12.1 Å². The number of nitrogens with zero attached hydrogens (tertiary/aromatic N) is 1. The number of hydrogen-bond donors (Lipinski definition) is 2. The highest BCUT2D eigenvalue weighted by Gasteiger charge is 2.24. The Hall–Kier alpha value is -1.06. The lowest BCUT2D eigenvalue weighted by molar-refractivity contribution is 0.204. The summed E-state index contributed by atoms with van der Waals surface area (Å²) in [7, 11) is 0. The maximum atomic E-state index is 5.87. The number of nitrogens with one attached hydrogen (secondary N) is 1. The van der Waals surface area contributed by atoms with E-state index in [2.05, 4.69) is 29.3 Å². The van der Waals surface area contributed by atoms with Crippen LogP contribution in [-0.2, 0) is 6.42 Å². The van der Waals surface area contributed by atoms with Gasteiger partial charge in [0, 0.05) is 24.3 Å². The molecule has 1 aromatic carbocycles. The summed E-state index contributed by atoms with van der Waals surface area (Å²) in [5.41, 5.74) is 9.67. The zero-order valence-corrected chi connectivity index (χ0v) is 12.6. The molecule has 1 saturated heterocycles. The number of benzene rings is 1. The Kier molecular flexibility index (Phi) is 4.27. The number of likely N-dealkylation sites (tertiary alicyclic amines) is 1. The summed E-state index contributed by atoms with van der Waals surface area (Å²) >= 11 is 0. The largest absolute Gasteiger partial charge is 0.399 e. The van der Waals surface area contributed by atoms with E-state index in [-0.39, 0.29) is 0 Å². The smallest absolute Gasteiger partial charge is 0.0328 e. The highest BCUT2D eigenvalue weighted by atomic mass is 15.2. The molecule has 1 aliphatic heterocycles. The highest BCUT2D eigenvalue weighted by molar-refractivity contribution is 5.47. The van der Waals surface area contributed by atoms with Crippen LogP contribution in [0.15, 0.2) is 18.2 Å². The third-order valence-corrected chi connectivity index (χ3v) is 4.71. The van der Waals surface area contributed by atoms with Crippen LogP contribution in [0.25, 0.3) is 0 Å². The molecular formula is C17H27N3. The summed E-state index contributed by atoms with van der Waals surface area (Å²) in [6.07, 6.45) is 6.53. The van der Waals surface area contributed by atoms with Gasteiger partial charge in [-0.1, -0.05) is 12.5 Å². The topological polar surface area (TPSA) is 41.3 Å². The molecule has 1 aromatic rings. The molecule has 0 spiro atoms. The van der Waals surface area contributed by atoms with Crippen LogP contribution in [0.5, 0.6) is 0 Å². The number of piperidine rings is 1. The normalized spacial score (nSPS) is 24.6. The molecule has 1 aliphatic carbocycles. The Bertz CT molecular complexity index is 452. The number of nitrogens with two attached hydrogens (primary N) is 1. The van der Waals surface area contributed by atoms with Crippen LogP contribution in [0.2, 0.25) is 0 Å². The van der Waals surface area contributed by atoms with Crippen molar-refractivity contribution in [2.75, 3.05) is 25.4 Å². The van der Waals surface area contributed by atoms with Gasteiger partial charge in [0.15, 0.2) is 0 Å². The number of anilines is 1. The average Bonchev–Trinajstić information content (AvgIpc) is 2.82. The van der Waals surface area contributed by atoms with E-state index in [9.17, 15) is 0 Å². The van der Waals surface area contributed by atoms with E-state index < -0.39 is 0 Å². The molecule has 2 atom stereocenters. The predicted octanol–water partition coefficient (Wildman–Crippen LogP) is 2.72. The maximum Gasteiger partial charge on any atom is 0.0328 e. The Morgan fingerprint density at radius 2 is 2.10 bits per heavy atom. The second-order valence-electron chi connectivity index (χ2n) is 6.48. The van der Waals surface area contributed by atoms with Crippen LogP contribution in [0.3, 0.4) is 0 Å². The van der Waals surface area contributed by atoms with E-state index in [1.165, 1.54) is 56.4 Å². The third kappa shape index (κ3) is 3.15. The monoisotopic (exact) mass is 273 g/mol. The lowest BCUT2D eigenvalue weighted by atomic mass is 10.1. The maximum absolute atomic E-state index is 5.87. The number of nitrogen functional groups attached to an aromatic ring is 1. The van der Waals surface area contributed by atoms with Gasteiger partial charge in [0.1, 0.15) is 0 Å². The standard InChI is InChI=1S/C17H27N3/c1-13(12-20-9-3-2-4-10-20)19-17-8-5-14-11-15(18)6-7-16(14)17/h6-7,11,13,17,19H,2-5,8-10,12,18H2,1H3. The zero-order valence-electron chi connectivity index (χ0n) is 12.6. The first-order valence-electron chi connectivity index (χ1n) is 8.09. The fraction of sp³-hybridized carbons (Fsp3) is 0.647. The number of hydrogen-bond acceptors (Lipinski definition) is 3. The van der Waals surface area contributed by atoms with Gasteiger partial charge in [0.25, 0.3) is 0 Å². The Balaban J connectivity index is 1.56. The van der Waals surface area contributed by atoms with E-state index in [4.69, 9.17) is 5.73 Å². The first-order chi connectivity index (χ1) is 9.72. The van der Waals surface area contributed by atoms with Crippen LogP contribution in [0.1, 0.15) is 49.8 Å². The molecule has 20 heavy (non-hydrogen) atoms. The van der Waals surface area contributed by atoms with Gasteiger partial charge < -0.3 is 16.0 Å². The van der Waals surface area contributed by atoms with E-state index in [0.29, 0.717) is 12.1 Å². The van der Waals surface area contributed by atoms with Crippen LogP contribution >= 0.6 is 0 Å². The summed E-state index contributed by atoms with van der Waals surface area (Å²) in [4.78, 5) is 2.61. The summed E-state index contributed by atoms with van der Waals surface area (Å²) < 4.78 is 0. The van der Waals surface area contributed by atoms with Crippen molar-refractivity contribution in [1.29, 1.82) is 0 Å². The molecule has 3 nitrogen and oxygen atoms in total. The number of rotatable bonds is 4. The number of fused-ring (bicyclic) bond motifs is 1. The van der Waals surface area contributed by atoms with E-state index in [1.54, 1.807) is 0 Å². The molecule has 0 amide bonds. The molecule has 0 bridgehead atoms. The van der Waals surface area contributed by atoms with Gasteiger partial charge in [0.05, 0.1) is 0 Å². The minimum absolute atomic E-state index is 0.519. The molecule has 0 saturated carbocycles. The van der Waals surface area contributed by atoms with E-state index >= 15 is 0 Å². The molecule has 0 aromatic heterocycles. The van der Waals surface area contributed by atoms with Gasteiger partial charge in [-0.2, -0.15) is 0 Å². The van der Waals surface area contributed by atoms with Crippen molar-refractivity contribution in [1.82, 2.24) is 10.2 Å². The minimum Gasteiger partial charge on any atom is -0.399 e. The Labute approximate surface area is 122 Å². The van der Waals surface area contributed by atoms with Crippen molar-refractivity contribution >= 4 is 5.69 Å². The molecule has 3 heteroatoms. The van der Waals surface area contributed by atoms with Crippen molar-refractivity contribution in [2.45, 2.75) is 51.1 Å². The lowest BCUT2D eigenvalue weighted by Crippen LogP contribution is -2.42. The second-order valence-corrected chi connectivity index (χ2v) is 6.48. The summed E-state index contributed by atoms with van der Waals surface area (Å²) in [6, 6.07) is 7.47. The second kappa shape index (κ2) is 6.15. The van der Waals surface area contributed by atoms with Gasteiger partial charge in [0.2, 0.25) is 0 Å². The fourth-order valence-corrected chi connectivity index (χ4v) is 3.74. The SMILES string of the molecule is CC(CN1CCCCC1)NC1CCc2cc(N)ccc21. The first kappa shape index (κ1) is 13.9. The average molecular weight is 273 g/mol. The quantitative estimate of drug-likeness (QED) is 0.829. The Morgan fingerprint density at radius 1 is 1.30 bits per heavy atom. The van der Waals surface area contributed by atoms with Crippen molar-refractivity contribution in [3.05, 3.63) is 29.3 Å². The van der Waals surface area contributed by atoms with Gasteiger partial charge in [-0.3, -0.25) is 0 Å². The number of aryl methyl sites for hydroxylation is 1. The van der Waals surface area contributed by atoms with Crippen LogP contribution < -0.4 is 11.1 Å². The van der Waals surface area contributed by atoms with E-state index in [1.807, 2.05) is 6.07 Å². The molecule has 1 fully saturated rings. The van der Waals surface area contributed by atoms with Crippen LogP contribution in [-0.4, -0.2) is 30.6 Å². The molecular weight excluding hydrogens is 246 g/mol. The fourth-order valence-electron chi connectivity index (χ4n) is 3.74. The summed E-state index contributed by atoms with van der Waals surface area (Å²) in [5.74, 6) is 0. The van der Waals surface area contributed by atoms with Gasteiger partial charge in [-0.15, -0.1) is 0 Å². The zero-order chi connectivity index (χ0) is 13.9. The Morgan fingerprint density at radius 3 is 2.90 bits per heavy atom. The van der Waals surface area contributed by atoms with Gasteiger partial charge >= 0.3 is 0 Å². The molecule has 0 radical (unpaired) electrons. The van der Waals surface area contributed by atoms with Crippen LogP contribution in [0.4, 0.5) is 5.69 Å². The summed E-state index contributed by atoms with van der Waals surface area (Å²) in [6.45, 7) is 6.07. The summed E-state index contributed by atoms with van der Waals surface area (Å²) in [5, 5.41) is 3.82. The van der Waals surface area contributed by atoms with Crippen molar-refractivity contribution < 1.29 is 0 Å². The van der Waals surface area contributed by atoms with Gasteiger partial charge in [-0.05, 0) is 69.0 Å². The lowest BCUT2D eigenvalue weighted by Gasteiger charge is -2.30.